The van der Waals surface area contributed by atoms with E-state index in [9.17, 15) is 9.18 Å². The molecule has 2 rings (SSSR count). The smallest absolute Gasteiger partial charge is 0.260 e. The fourth-order valence-electron chi connectivity index (χ4n) is 1.58. The normalized spacial score (nSPS) is 10.1. The molecule has 18 heavy (non-hydrogen) atoms. The Morgan fingerprint density at radius 1 is 1.39 bits per heavy atom. The van der Waals surface area contributed by atoms with E-state index < -0.39 is 5.82 Å². The molecule has 0 radical (unpaired) electrons. The van der Waals surface area contributed by atoms with Crippen LogP contribution in [0.3, 0.4) is 0 Å². The molecular formula is C13H12FN3O. The van der Waals surface area contributed by atoms with Crippen molar-refractivity contribution in [2.75, 3.05) is 17.7 Å². The minimum absolute atomic E-state index is 0.297. The molecule has 0 bridgehead atoms. The minimum Gasteiger partial charge on any atom is -0.397 e. The van der Waals surface area contributed by atoms with Gasteiger partial charge in [-0.05, 0) is 24.3 Å². The zero-order valence-electron chi connectivity index (χ0n) is 9.80. The number of carbonyl (C=O) groups is 1. The van der Waals surface area contributed by atoms with Gasteiger partial charge in [-0.1, -0.05) is 6.07 Å². The van der Waals surface area contributed by atoms with Crippen molar-refractivity contribution in [2.45, 2.75) is 0 Å². The molecule has 1 aromatic heterocycles. The zero-order chi connectivity index (χ0) is 13.1. The summed E-state index contributed by atoms with van der Waals surface area (Å²) in [7, 11) is 1.57. The number of nitrogens with zero attached hydrogens (tertiary/aromatic N) is 2. The van der Waals surface area contributed by atoms with Crippen LogP contribution in [0.15, 0.2) is 42.7 Å². The van der Waals surface area contributed by atoms with Gasteiger partial charge in [-0.3, -0.25) is 9.78 Å². The van der Waals surface area contributed by atoms with E-state index in [2.05, 4.69) is 4.98 Å². The van der Waals surface area contributed by atoms with Gasteiger partial charge in [-0.25, -0.2) is 4.39 Å². The molecule has 0 fully saturated rings. The van der Waals surface area contributed by atoms with E-state index in [1.165, 1.54) is 35.5 Å². The third-order valence-electron chi connectivity index (χ3n) is 2.58. The molecule has 1 aromatic carbocycles. The SMILES string of the molecule is CN(C(=O)c1ccncc1N)c1cccc(F)c1. The summed E-state index contributed by atoms with van der Waals surface area (Å²) in [5.41, 5.74) is 6.79. The summed E-state index contributed by atoms with van der Waals surface area (Å²) < 4.78 is 13.1. The molecule has 4 nitrogen and oxygen atoms in total. The van der Waals surface area contributed by atoms with Gasteiger partial charge in [0.15, 0.2) is 0 Å². The number of rotatable bonds is 2. The molecule has 92 valence electrons. The molecule has 5 heteroatoms. The molecule has 0 saturated carbocycles. The first-order valence-electron chi connectivity index (χ1n) is 5.32. The maximum Gasteiger partial charge on any atom is 0.260 e. The van der Waals surface area contributed by atoms with Crippen molar-refractivity contribution in [3.05, 3.63) is 54.1 Å². The Balaban J connectivity index is 2.32. The summed E-state index contributed by atoms with van der Waals surface area (Å²) >= 11 is 0. The fraction of sp³-hybridized carbons (Fsp3) is 0.0769. The average molecular weight is 245 g/mol. The number of pyridine rings is 1. The number of halogens is 1. The lowest BCUT2D eigenvalue weighted by atomic mass is 10.2. The van der Waals surface area contributed by atoms with Crippen molar-refractivity contribution in [2.24, 2.45) is 0 Å². The van der Waals surface area contributed by atoms with Crippen LogP contribution < -0.4 is 10.6 Å². The van der Waals surface area contributed by atoms with E-state index in [1.807, 2.05) is 0 Å². The van der Waals surface area contributed by atoms with Crippen LogP contribution in [0, 0.1) is 5.82 Å². The largest absolute Gasteiger partial charge is 0.397 e. The van der Waals surface area contributed by atoms with Crippen LogP contribution in [-0.4, -0.2) is 17.9 Å². The highest BCUT2D eigenvalue weighted by atomic mass is 19.1. The first-order chi connectivity index (χ1) is 8.59. The van der Waals surface area contributed by atoms with Gasteiger partial charge in [-0.15, -0.1) is 0 Å². The molecule has 2 N–H and O–H groups in total. The highest BCUT2D eigenvalue weighted by molar-refractivity contribution is 6.08. The Bertz CT molecular complexity index is 586. The highest BCUT2D eigenvalue weighted by Crippen LogP contribution is 2.18. The number of amides is 1. The predicted molar refractivity (Wildman–Crippen MR) is 67.8 cm³/mol. The molecular weight excluding hydrogens is 233 g/mol. The van der Waals surface area contributed by atoms with Gasteiger partial charge >= 0.3 is 0 Å². The standard InChI is InChI=1S/C13H12FN3O/c1-17(10-4-2-3-9(14)7-10)13(18)11-5-6-16-8-12(11)15/h2-8H,15H2,1H3. The second-order valence-corrected chi connectivity index (χ2v) is 3.81. The van der Waals surface area contributed by atoms with Crippen molar-refractivity contribution in [1.29, 1.82) is 0 Å². The van der Waals surface area contributed by atoms with Gasteiger partial charge < -0.3 is 10.6 Å². The maximum absolute atomic E-state index is 13.1. The summed E-state index contributed by atoms with van der Waals surface area (Å²) in [6.07, 6.45) is 2.90. The molecule has 0 aliphatic carbocycles. The number of hydrogen-bond acceptors (Lipinski definition) is 3. The lowest BCUT2D eigenvalue weighted by Crippen LogP contribution is -2.27. The van der Waals surface area contributed by atoms with Crippen LogP contribution in [0.2, 0.25) is 0 Å². The van der Waals surface area contributed by atoms with Crippen LogP contribution in [-0.2, 0) is 0 Å². The van der Waals surface area contributed by atoms with Crippen molar-refractivity contribution >= 4 is 17.3 Å². The lowest BCUT2D eigenvalue weighted by Gasteiger charge is -2.18. The van der Waals surface area contributed by atoms with Crippen molar-refractivity contribution < 1.29 is 9.18 Å². The van der Waals surface area contributed by atoms with E-state index in [4.69, 9.17) is 5.73 Å². The Kier molecular flexibility index (Phi) is 3.23. The summed E-state index contributed by atoms with van der Waals surface area (Å²) in [5, 5.41) is 0. The van der Waals surface area contributed by atoms with Gasteiger partial charge in [0.2, 0.25) is 0 Å². The number of carbonyl (C=O) groups excluding carboxylic acids is 1. The molecule has 0 aliphatic rings. The first kappa shape index (κ1) is 12.0. The summed E-state index contributed by atoms with van der Waals surface area (Å²) in [4.78, 5) is 17.3. The van der Waals surface area contributed by atoms with Crippen LogP contribution in [0.1, 0.15) is 10.4 Å². The van der Waals surface area contributed by atoms with E-state index in [-0.39, 0.29) is 5.91 Å². The van der Waals surface area contributed by atoms with Crippen molar-refractivity contribution in [3.8, 4) is 0 Å². The summed E-state index contributed by atoms with van der Waals surface area (Å²) in [6, 6.07) is 7.34. The monoisotopic (exact) mass is 245 g/mol. The summed E-state index contributed by atoms with van der Waals surface area (Å²) in [5.74, 6) is -0.699. The topological polar surface area (TPSA) is 59.2 Å². The second kappa shape index (κ2) is 4.83. The second-order valence-electron chi connectivity index (χ2n) is 3.81. The molecule has 0 saturated heterocycles. The number of nitrogen functional groups attached to an aromatic ring is 1. The van der Waals surface area contributed by atoms with E-state index >= 15 is 0 Å². The number of hydrogen-bond donors (Lipinski definition) is 1. The van der Waals surface area contributed by atoms with Gasteiger partial charge in [0.1, 0.15) is 5.82 Å². The molecule has 2 aromatic rings. The quantitative estimate of drug-likeness (QED) is 0.881. The van der Waals surface area contributed by atoms with Crippen LogP contribution >= 0.6 is 0 Å². The Morgan fingerprint density at radius 2 is 2.17 bits per heavy atom. The molecule has 1 amide bonds. The zero-order valence-corrected chi connectivity index (χ0v) is 9.80. The first-order valence-corrected chi connectivity index (χ1v) is 5.32. The van der Waals surface area contributed by atoms with Crippen molar-refractivity contribution in [1.82, 2.24) is 4.98 Å². The van der Waals surface area contributed by atoms with Gasteiger partial charge in [-0.2, -0.15) is 0 Å². The third-order valence-corrected chi connectivity index (χ3v) is 2.58. The number of benzene rings is 1. The maximum atomic E-state index is 13.1. The third kappa shape index (κ3) is 2.29. The average Bonchev–Trinajstić information content (AvgIpc) is 2.37. The minimum atomic E-state index is -0.394. The van der Waals surface area contributed by atoms with Crippen LogP contribution in [0.5, 0.6) is 0 Å². The van der Waals surface area contributed by atoms with E-state index in [0.29, 0.717) is 16.9 Å². The molecule has 0 aliphatic heterocycles. The molecule has 1 heterocycles. The Morgan fingerprint density at radius 3 is 2.83 bits per heavy atom. The molecule has 0 spiro atoms. The lowest BCUT2D eigenvalue weighted by molar-refractivity contribution is 0.0994. The highest BCUT2D eigenvalue weighted by Gasteiger charge is 2.16. The number of aromatic nitrogens is 1. The summed E-state index contributed by atoms with van der Waals surface area (Å²) in [6.45, 7) is 0. The molecule has 0 unspecified atom stereocenters. The molecule has 0 atom stereocenters. The van der Waals surface area contributed by atoms with E-state index in [0.717, 1.165) is 0 Å². The van der Waals surface area contributed by atoms with Crippen molar-refractivity contribution in [3.63, 3.8) is 0 Å². The van der Waals surface area contributed by atoms with Gasteiger partial charge in [0.25, 0.3) is 5.91 Å². The van der Waals surface area contributed by atoms with Gasteiger partial charge in [0.05, 0.1) is 17.4 Å². The predicted octanol–water partition coefficient (Wildman–Crippen LogP) is 2.08. The fourth-order valence-corrected chi connectivity index (χ4v) is 1.58. The van der Waals surface area contributed by atoms with Crippen LogP contribution in [0.4, 0.5) is 15.8 Å². The number of nitrogens with two attached hydrogens (primary N) is 1. The van der Waals surface area contributed by atoms with Crippen LogP contribution in [0.25, 0.3) is 0 Å². The Hall–Kier alpha value is -2.43. The number of anilines is 2. The van der Waals surface area contributed by atoms with Gasteiger partial charge in [0, 0.05) is 18.9 Å². The van der Waals surface area contributed by atoms with E-state index in [1.54, 1.807) is 19.2 Å². The Labute approximate surface area is 104 Å².